The molecule has 7 heteroatoms. The molecule has 0 amide bonds. The number of rotatable bonds is 4. The zero-order chi connectivity index (χ0) is 20.0. The molecule has 0 spiro atoms. The summed E-state index contributed by atoms with van der Waals surface area (Å²) in [5.74, 6) is 0. The molecule has 27 heavy (non-hydrogen) atoms. The number of benzene rings is 2. The van der Waals surface area contributed by atoms with E-state index in [-0.39, 0.29) is 4.90 Å². The molecule has 1 N–H and O–H groups in total. The first-order valence-corrected chi connectivity index (χ1v) is 10.5. The predicted octanol–water partition coefficient (Wildman–Crippen LogP) is 3.40. The second kappa shape index (κ2) is 6.65. The maximum Gasteiger partial charge on any atom is 0.496 e. The Balaban J connectivity index is 1.98. The molecule has 1 aliphatic heterocycles. The van der Waals surface area contributed by atoms with Gasteiger partial charge < -0.3 is 9.31 Å². The van der Waals surface area contributed by atoms with Crippen molar-refractivity contribution in [3.63, 3.8) is 0 Å². The number of aryl methyl sites for hydroxylation is 2. The van der Waals surface area contributed by atoms with Crippen LogP contribution in [0.15, 0.2) is 47.4 Å². The molecule has 0 aromatic heterocycles. The van der Waals surface area contributed by atoms with Gasteiger partial charge in [-0.15, -0.1) is 0 Å². The summed E-state index contributed by atoms with van der Waals surface area (Å²) in [5.41, 5.74) is 1.91. The van der Waals surface area contributed by atoms with E-state index in [1.807, 2.05) is 53.7 Å². The fourth-order valence-electron chi connectivity index (χ4n) is 3.02. The third kappa shape index (κ3) is 3.77. The average molecular weight is 387 g/mol. The van der Waals surface area contributed by atoms with Gasteiger partial charge in [-0.25, -0.2) is 8.42 Å². The Morgan fingerprint density at radius 1 is 0.926 bits per heavy atom. The maximum atomic E-state index is 13.1. The van der Waals surface area contributed by atoms with E-state index < -0.39 is 28.3 Å². The highest BCUT2D eigenvalue weighted by atomic mass is 32.2. The summed E-state index contributed by atoms with van der Waals surface area (Å²) in [6, 6.07) is 12.4. The van der Waals surface area contributed by atoms with E-state index in [1.54, 1.807) is 30.3 Å². The number of hydrogen-bond acceptors (Lipinski definition) is 4. The first-order valence-electron chi connectivity index (χ1n) is 8.98. The quantitative estimate of drug-likeness (QED) is 0.817. The highest BCUT2D eigenvalue weighted by molar-refractivity contribution is 7.93. The van der Waals surface area contributed by atoms with Crippen LogP contribution in [0.1, 0.15) is 38.8 Å². The Bertz CT molecular complexity index is 954. The summed E-state index contributed by atoms with van der Waals surface area (Å²) >= 11 is 0. The molecule has 3 rings (SSSR count). The van der Waals surface area contributed by atoms with Crippen molar-refractivity contribution in [2.45, 2.75) is 57.6 Å². The maximum absolute atomic E-state index is 13.1. The fourth-order valence-corrected chi connectivity index (χ4v) is 4.38. The Morgan fingerprint density at radius 2 is 1.52 bits per heavy atom. The van der Waals surface area contributed by atoms with Crippen LogP contribution in [0, 0.1) is 13.8 Å². The van der Waals surface area contributed by atoms with E-state index in [0.29, 0.717) is 11.2 Å². The Hall–Kier alpha value is -1.83. The van der Waals surface area contributed by atoms with Crippen LogP contribution in [0.4, 0.5) is 5.69 Å². The summed E-state index contributed by atoms with van der Waals surface area (Å²) in [7, 11) is -4.55. The lowest BCUT2D eigenvalue weighted by Gasteiger charge is -2.32. The Kier molecular flexibility index (Phi) is 4.91. The molecule has 1 aliphatic rings. The van der Waals surface area contributed by atoms with Gasteiger partial charge in [-0.05, 0) is 59.2 Å². The molecule has 144 valence electrons. The molecule has 2 aromatic rings. The molecular weight excluding hydrogens is 361 g/mol. The zero-order valence-electron chi connectivity index (χ0n) is 16.7. The van der Waals surface area contributed by atoms with E-state index in [1.165, 1.54) is 0 Å². The Morgan fingerprint density at radius 3 is 2.11 bits per heavy atom. The van der Waals surface area contributed by atoms with Crippen molar-refractivity contribution in [3.8, 4) is 0 Å². The van der Waals surface area contributed by atoms with Gasteiger partial charge in [0.15, 0.2) is 0 Å². The third-order valence-corrected chi connectivity index (χ3v) is 6.78. The number of nitrogens with one attached hydrogen (secondary N) is 1. The van der Waals surface area contributed by atoms with Gasteiger partial charge in [0.2, 0.25) is 0 Å². The van der Waals surface area contributed by atoms with Crippen molar-refractivity contribution in [2.75, 3.05) is 4.72 Å². The zero-order valence-corrected chi connectivity index (χ0v) is 17.5. The van der Waals surface area contributed by atoms with Crippen molar-refractivity contribution >= 4 is 28.3 Å². The van der Waals surface area contributed by atoms with Crippen LogP contribution >= 0.6 is 0 Å². The molecule has 1 fully saturated rings. The van der Waals surface area contributed by atoms with Crippen LogP contribution in [-0.4, -0.2) is 26.7 Å². The summed E-state index contributed by atoms with van der Waals surface area (Å²) in [6.45, 7) is 11.6. The molecule has 0 bridgehead atoms. The minimum Gasteiger partial charge on any atom is -0.399 e. The predicted molar refractivity (Wildman–Crippen MR) is 109 cm³/mol. The van der Waals surface area contributed by atoms with E-state index in [2.05, 4.69) is 4.72 Å². The van der Waals surface area contributed by atoms with Crippen molar-refractivity contribution in [2.24, 2.45) is 0 Å². The second-order valence-electron chi connectivity index (χ2n) is 8.05. The molecule has 2 aromatic carbocycles. The van der Waals surface area contributed by atoms with E-state index in [4.69, 9.17) is 9.31 Å². The molecule has 5 nitrogen and oxygen atoms in total. The summed E-state index contributed by atoms with van der Waals surface area (Å²) in [5, 5.41) is 0. The van der Waals surface area contributed by atoms with Crippen LogP contribution < -0.4 is 10.2 Å². The normalized spacial score (nSPS) is 18.5. The lowest BCUT2D eigenvalue weighted by molar-refractivity contribution is 0.00578. The smallest absolute Gasteiger partial charge is 0.399 e. The van der Waals surface area contributed by atoms with Crippen molar-refractivity contribution in [1.29, 1.82) is 0 Å². The number of anilines is 1. The lowest BCUT2D eigenvalue weighted by atomic mass is 9.79. The van der Waals surface area contributed by atoms with Crippen LogP contribution in [0.2, 0.25) is 0 Å². The van der Waals surface area contributed by atoms with E-state index >= 15 is 0 Å². The molecular formula is C20H26BNO4S. The summed E-state index contributed by atoms with van der Waals surface area (Å²) in [4.78, 5) is 0.156. The van der Waals surface area contributed by atoms with Crippen LogP contribution in [0.5, 0.6) is 0 Å². The third-order valence-electron chi connectivity index (χ3n) is 5.34. The minimum atomic E-state index is -3.80. The topological polar surface area (TPSA) is 64.6 Å². The largest absolute Gasteiger partial charge is 0.496 e. The number of sulfonamides is 1. The Labute approximate surface area is 162 Å². The number of hydrogen-bond donors (Lipinski definition) is 1. The van der Waals surface area contributed by atoms with Gasteiger partial charge in [-0.2, -0.15) is 0 Å². The lowest BCUT2D eigenvalue weighted by Crippen LogP contribution is -2.41. The van der Waals surface area contributed by atoms with Gasteiger partial charge in [0, 0.05) is 5.46 Å². The van der Waals surface area contributed by atoms with E-state index in [9.17, 15) is 8.42 Å². The van der Waals surface area contributed by atoms with Crippen LogP contribution in [0.25, 0.3) is 0 Å². The molecule has 0 saturated carbocycles. The van der Waals surface area contributed by atoms with Gasteiger partial charge in [0.25, 0.3) is 10.0 Å². The summed E-state index contributed by atoms with van der Waals surface area (Å²) in [6.07, 6.45) is 0. The van der Waals surface area contributed by atoms with Gasteiger partial charge in [0.1, 0.15) is 0 Å². The van der Waals surface area contributed by atoms with Crippen LogP contribution in [0.3, 0.4) is 0 Å². The van der Waals surface area contributed by atoms with Gasteiger partial charge in [-0.3, -0.25) is 4.72 Å². The molecule has 1 heterocycles. The van der Waals surface area contributed by atoms with E-state index in [0.717, 1.165) is 11.1 Å². The standard InChI is InChI=1S/C20H26BNO4S/c1-14-11-12-17(15(2)13-14)22-27(23,24)18-10-8-7-9-16(18)21-25-19(3,4)20(5,6)26-21/h7-13,22H,1-6H3. The monoisotopic (exact) mass is 387 g/mol. The first-order chi connectivity index (χ1) is 12.4. The van der Waals surface area contributed by atoms with Gasteiger partial charge in [-0.1, -0.05) is 35.9 Å². The van der Waals surface area contributed by atoms with Crippen molar-refractivity contribution in [1.82, 2.24) is 0 Å². The van der Waals surface area contributed by atoms with Crippen molar-refractivity contribution in [3.05, 3.63) is 53.6 Å². The molecule has 0 atom stereocenters. The first kappa shape index (κ1) is 19.9. The highest BCUT2D eigenvalue weighted by Gasteiger charge is 2.52. The average Bonchev–Trinajstić information content (AvgIpc) is 2.78. The van der Waals surface area contributed by atoms with Crippen molar-refractivity contribution < 1.29 is 17.7 Å². The SMILES string of the molecule is Cc1ccc(NS(=O)(=O)c2ccccc2B2OC(C)(C)C(C)(C)O2)c(C)c1. The van der Waals surface area contributed by atoms with Gasteiger partial charge >= 0.3 is 7.12 Å². The molecule has 1 saturated heterocycles. The fraction of sp³-hybridized carbons (Fsp3) is 0.400. The highest BCUT2D eigenvalue weighted by Crippen LogP contribution is 2.37. The minimum absolute atomic E-state index is 0.156. The molecule has 0 unspecified atom stereocenters. The second-order valence-corrected chi connectivity index (χ2v) is 9.70. The molecule has 0 radical (unpaired) electrons. The molecule has 0 aliphatic carbocycles. The van der Waals surface area contributed by atoms with Crippen LogP contribution in [-0.2, 0) is 19.3 Å². The van der Waals surface area contributed by atoms with Gasteiger partial charge in [0.05, 0.1) is 21.8 Å². The summed E-state index contributed by atoms with van der Waals surface area (Å²) < 4.78 is 41.1.